The van der Waals surface area contributed by atoms with Crippen molar-refractivity contribution in [1.29, 1.82) is 0 Å². The van der Waals surface area contributed by atoms with E-state index in [-0.39, 0.29) is 0 Å². The molecule has 0 unspecified atom stereocenters. The molecule has 3 heteroatoms. The van der Waals surface area contributed by atoms with E-state index in [4.69, 9.17) is 0 Å². The summed E-state index contributed by atoms with van der Waals surface area (Å²) in [6, 6.07) is 8.42. The van der Waals surface area contributed by atoms with E-state index in [0.29, 0.717) is 5.92 Å². The van der Waals surface area contributed by atoms with Gasteiger partial charge in [0.05, 0.1) is 5.69 Å². The van der Waals surface area contributed by atoms with Crippen LogP contribution in [0.15, 0.2) is 22.7 Å². The van der Waals surface area contributed by atoms with Gasteiger partial charge in [0.15, 0.2) is 0 Å². The number of hydrogen-bond acceptors (Lipinski definition) is 2. The van der Waals surface area contributed by atoms with Crippen molar-refractivity contribution in [3.63, 3.8) is 0 Å². The van der Waals surface area contributed by atoms with Gasteiger partial charge in [0.1, 0.15) is 0 Å². The zero-order chi connectivity index (χ0) is 14.1. The van der Waals surface area contributed by atoms with Crippen molar-refractivity contribution < 1.29 is 0 Å². The van der Waals surface area contributed by atoms with E-state index in [1.165, 1.54) is 41.4 Å². The molecule has 0 amide bonds. The minimum absolute atomic E-state index is 0.707. The van der Waals surface area contributed by atoms with Crippen LogP contribution in [0.25, 0.3) is 0 Å². The lowest BCUT2D eigenvalue weighted by molar-refractivity contribution is 0.606. The summed E-state index contributed by atoms with van der Waals surface area (Å²) >= 11 is 3.79. The molecule has 3 rings (SSSR count). The second-order valence-electron chi connectivity index (χ2n) is 6.72. The third kappa shape index (κ3) is 3.76. The topological polar surface area (TPSA) is 15.3 Å². The van der Waals surface area contributed by atoms with Crippen LogP contribution in [-0.4, -0.2) is 18.6 Å². The number of benzene rings is 1. The molecule has 0 saturated heterocycles. The molecule has 2 aliphatic carbocycles. The Kier molecular flexibility index (Phi) is 4.37. The molecule has 2 fully saturated rings. The standard InChI is InChI=1S/C17H25BrN2/c1-12(2)11-20(15-6-7-15)17-8-3-13(9-16(17)18)10-19-14-4-5-14/h3,8-9,12,14-15,19H,4-7,10-11H2,1-2H3. The summed E-state index contributed by atoms with van der Waals surface area (Å²) in [5.74, 6) is 0.707. The Balaban J connectivity index is 1.70. The molecule has 20 heavy (non-hydrogen) atoms. The van der Waals surface area contributed by atoms with E-state index in [9.17, 15) is 0 Å². The quantitative estimate of drug-likeness (QED) is 0.797. The van der Waals surface area contributed by atoms with Crippen molar-refractivity contribution in [1.82, 2.24) is 5.32 Å². The molecule has 110 valence electrons. The normalized spacial score (nSPS) is 18.6. The number of hydrogen-bond donors (Lipinski definition) is 1. The fourth-order valence-corrected chi connectivity index (χ4v) is 3.32. The molecule has 2 aliphatic rings. The zero-order valence-corrected chi connectivity index (χ0v) is 14.1. The van der Waals surface area contributed by atoms with E-state index in [2.05, 4.69) is 58.2 Å². The van der Waals surface area contributed by atoms with Crippen LogP contribution in [0.2, 0.25) is 0 Å². The van der Waals surface area contributed by atoms with Crippen LogP contribution in [0, 0.1) is 5.92 Å². The molecule has 1 N–H and O–H groups in total. The summed E-state index contributed by atoms with van der Waals surface area (Å²) in [6.45, 7) is 6.76. The van der Waals surface area contributed by atoms with E-state index >= 15 is 0 Å². The van der Waals surface area contributed by atoms with Crippen molar-refractivity contribution in [2.75, 3.05) is 11.4 Å². The van der Waals surface area contributed by atoms with Crippen molar-refractivity contribution >= 4 is 21.6 Å². The zero-order valence-electron chi connectivity index (χ0n) is 12.5. The number of halogens is 1. The summed E-state index contributed by atoms with van der Waals surface area (Å²) in [7, 11) is 0. The first-order chi connectivity index (χ1) is 9.63. The predicted molar refractivity (Wildman–Crippen MR) is 89.2 cm³/mol. The summed E-state index contributed by atoms with van der Waals surface area (Å²) < 4.78 is 1.25. The molecule has 0 atom stereocenters. The summed E-state index contributed by atoms with van der Waals surface area (Å²) in [6.07, 6.45) is 5.40. The second-order valence-corrected chi connectivity index (χ2v) is 7.57. The average Bonchev–Trinajstić information content (AvgIpc) is 3.27. The predicted octanol–water partition coefficient (Wildman–Crippen LogP) is 4.33. The molecular formula is C17H25BrN2. The van der Waals surface area contributed by atoms with Gasteiger partial charge < -0.3 is 10.2 Å². The molecular weight excluding hydrogens is 312 g/mol. The van der Waals surface area contributed by atoms with Crippen LogP contribution in [-0.2, 0) is 6.54 Å². The first kappa shape index (κ1) is 14.4. The largest absolute Gasteiger partial charge is 0.367 e. The number of rotatable bonds is 7. The third-order valence-electron chi connectivity index (χ3n) is 4.04. The van der Waals surface area contributed by atoms with E-state index < -0.39 is 0 Å². The number of nitrogens with one attached hydrogen (secondary N) is 1. The minimum atomic E-state index is 0.707. The Morgan fingerprint density at radius 1 is 1.25 bits per heavy atom. The van der Waals surface area contributed by atoms with Crippen LogP contribution >= 0.6 is 15.9 Å². The molecule has 1 aromatic carbocycles. The summed E-state index contributed by atoms with van der Waals surface area (Å²) in [5.41, 5.74) is 2.75. The van der Waals surface area contributed by atoms with Gasteiger partial charge in [-0.1, -0.05) is 19.9 Å². The smallest absolute Gasteiger partial charge is 0.0513 e. The molecule has 0 aliphatic heterocycles. The average molecular weight is 337 g/mol. The van der Waals surface area contributed by atoms with Gasteiger partial charge in [-0.05, 0) is 65.2 Å². The second kappa shape index (κ2) is 6.07. The lowest BCUT2D eigenvalue weighted by Gasteiger charge is -2.28. The van der Waals surface area contributed by atoms with Gasteiger partial charge in [0, 0.05) is 29.6 Å². The van der Waals surface area contributed by atoms with E-state index in [1.807, 2.05) is 0 Å². The maximum atomic E-state index is 3.79. The monoisotopic (exact) mass is 336 g/mol. The Hall–Kier alpha value is -0.540. The van der Waals surface area contributed by atoms with Gasteiger partial charge in [-0.25, -0.2) is 0 Å². The maximum absolute atomic E-state index is 3.79. The lowest BCUT2D eigenvalue weighted by atomic mass is 10.1. The number of anilines is 1. The lowest BCUT2D eigenvalue weighted by Crippen LogP contribution is -2.30. The SMILES string of the molecule is CC(C)CN(c1ccc(CNC2CC2)cc1Br)C1CC1. The van der Waals surface area contributed by atoms with Gasteiger partial charge in [0.25, 0.3) is 0 Å². The fourth-order valence-electron chi connectivity index (χ4n) is 2.67. The van der Waals surface area contributed by atoms with Gasteiger partial charge >= 0.3 is 0 Å². The van der Waals surface area contributed by atoms with Crippen LogP contribution in [0.3, 0.4) is 0 Å². The van der Waals surface area contributed by atoms with Gasteiger partial charge in [-0.3, -0.25) is 0 Å². The Bertz CT molecular complexity index is 464. The van der Waals surface area contributed by atoms with Crippen LogP contribution < -0.4 is 10.2 Å². The summed E-state index contributed by atoms with van der Waals surface area (Å²) in [4.78, 5) is 2.59. The number of nitrogens with zero attached hydrogens (tertiary/aromatic N) is 1. The van der Waals surface area contributed by atoms with Gasteiger partial charge in [0.2, 0.25) is 0 Å². The fraction of sp³-hybridized carbons (Fsp3) is 0.647. The van der Waals surface area contributed by atoms with Crippen LogP contribution in [0.1, 0.15) is 45.1 Å². The van der Waals surface area contributed by atoms with Crippen LogP contribution in [0.5, 0.6) is 0 Å². The first-order valence-electron chi connectivity index (χ1n) is 7.92. The molecule has 0 aromatic heterocycles. The highest BCUT2D eigenvalue weighted by molar-refractivity contribution is 9.10. The summed E-state index contributed by atoms with van der Waals surface area (Å²) in [5, 5.41) is 3.58. The van der Waals surface area contributed by atoms with Crippen molar-refractivity contribution in [3.8, 4) is 0 Å². The third-order valence-corrected chi connectivity index (χ3v) is 4.68. The molecule has 1 aromatic rings. The van der Waals surface area contributed by atoms with Crippen molar-refractivity contribution in [3.05, 3.63) is 28.2 Å². The van der Waals surface area contributed by atoms with Crippen molar-refractivity contribution in [2.45, 2.75) is 58.2 Å². The molecule has 0 bridgehead atoms. The molecule has 0 spiro atoms. The van der Waals surface area contributed by atoms with E-state index in [1.54, 1.807) is 0 Å². The highest BCUT2D eigenvalue weighted by Crippen LogP contribution is 2.36. The molecule has 2 nitrogen and oxygen atoms in total. The Morgan fingerprint density at radius 3 is 2.55 bits per heavy atom. The first-order valence-corrected chi connectivity index (χ1v) is 8.71. The highest BCUT2D eigenvalue weighted by atomic mass is 79.9. The van der Waals surface area contributed by atoms with Gasteiger partial charge in [-0.15, -0.1) is 0 Å². The van der Waals surface area contributed by atoms with Crippen molar-refractivity contribution in [2.24, 2.45) is 5.92 Å². The van der Waals surface area contributed by atoms with E-state index in [0.717, 1.165) is 25.2 Å². The minimum Gasteiger partial charge on any atom is -0.367 e. The Morgan fingerprint density at radius 2 is 2.00 bits per heavy atom. The van der Waals surface area contributed by atoms with Gasteiger partial charge in [-0.2, -0.15) is 0 Å². The molecule has 0 heterocycles. The Labute approximate surface area is 131 Å². The van der Waals surface area contributed by atoms with Crippen LogP contribution in [0.4, 0.5) is 5.69 Å². The highest BCUT2D eigenvalue weighted by Gasteiger charge is 2.30. The molecule has 2 saturated carbocycles. The molecule has 0 radical (unpaired) electrons. The maximum Gasteiger partial charge on any atom is 0.0513 e.